The second-order valence-corrected chi connectivity index (χ2v) is 6.93. The maximum Gasteiger partial charge on any atom is 0.276 e. The molecule has 0 atom stereocenters. The molecule has 3 aromatic carbocycles. The number of amides is 2. The van der Waals surface area contributed by atoms with Gasteiger partial charge in [0, 0.05) is 5.56 Å². The normalized spacial score (nSPS) is 10.0. The number of nitrogens with one attached hydrogen (secondary N) is 3. The molecule has 0 fully saturated rings. The van der Waals surface area contributed by atoms with Crippen LogP contribution in [0, 0.1) is 0 Å². The Hall–Kier alpha value is -3.42. The first-order valence-corrected chi connectivity index (χ1v) is 9.74. The fraction of sp³-hybridized carbons (Fsp3) is 0.0455. The number of hydrogen-bond donors (Lipinski definition) is 3. The minimum absolute atomic E-state index is 0.0433. The van der Waals surface area contributed by atoms with Gasteiger partial charge in [-0.3, -0.25) is 25.8 Å². The Morgan fingerprint density at radius 1 is 0.833 bits per heavy atom. The molecule has 0 saturated heterocycles. The van der Waals surface area contributed by atoms with Crippen LogP contribution in [0.4, 0.5) is 0 Å². The van der Waals surface area contributed by atoms with E-state index in [0.717, 1.165) is 11.1 Å². The molecule has 0 spiro atoms. The standard InChI is InChI=1S/C22H18ClN3O3S/c23-18-8-4-5-9-19(18)29-14-20(27)25-26-22(30)24-21(28)17-12-10-16(11-13-17)15-6-2-1-3-7-15/h1-13H,14H2,(H,25,27)(H2,24,26,28,30). The van der Waals surface area contributed by atoms with E-state index in [9.17, 15) is 9.59 Å². The summed E-state index contributed by atoms with van der Waals surface area (Å²) in [6.07, 6.45) is 0. The van der Waals surface area contributed by atoms with E-state index in [2.05, 4.69) is 16.2 Å². The summed E-state index contributed by atoms with van der Waals surface area (Å²) in [6.45, 7) is -0.270. The molecule has 0 radical (unpaired) electrons. The maximum absolute atomic E-state index is 12.3. The SMILES string of the molecule is O=C(COc1ccccc1Cl)NNC(=S)NC(=O)c1ccc(-c2ccccc2)cc1. The topological polar surface area (TPSA) is 79.5 Å². The van der Waals surface area contributed by atoms with Gasteiger partial charge in [0.25, 0.3) is 11.8 Å². The zero-order chi connectivity index (χ0) is 21.3. The van der Waals surface area contributed by atoms with Crippen LogP contribution in [0.1, 0.15) is 10.4 Å². The molecule has 0 aliphatic heterocycles. The fourth-order valence-electron chi connectivity index (χ4n) is 2.52. The first-order chi connectivity index (χ1) is 14.5. The van der Waals surface area contributed by atoms with Gasteiger partial charge in [-0.2, -0.15) is 0 Å². The predicted molar refractivity (Wildman–Crippen MR) is 120 cm³/mol. The third-order valence-corrected chi connectivity index (χ3v) is 4.51. The van der Waals surface area contributed by atoms with Crippen molar-refractivity contribution in [3.8, 4) is 16.9 Å². The summed E-state index contributed by atoms with van der Waals surface area (Å²) < 4.78 is 5.31. The van der Waals surface area contributed by atoms with Gasteiger partial charge in [0.2, 0.25) is 0 Å². The lowest BCUT2D eigenvalue weighted by molar-refractivity contribution is -0.123. The third-order valence-electron chi connectivity index (χ3n) is 3.99. The molecule has 3 N–H and O–H groups in total. The summed E-state index contributed by atoms with van der Waals surface area (Å²) in [4.78, 5) is 24.2. The van der Waals surface area contributed by atoms with E-state index in [1.807, 2.05) is 42.5 Å². The van der Waals surface area contributed by atoms with Gasteiger partial charge in [-0.25, -0.2) is 0 Å². The zero-order valence-electron chi connectivity index (χ0n) is 15.7. The minimum atomic E-state index is -0.487. The van der Waals surface area contributed by atoms with Crippen LogP contribution >= 0.6 is 23.8 Å². The quantitative estimate of drug-likeness (QED) is 0.417. The van der Waals surface area contributed by atoms with Gasteiger partial charge in [-0.05, 0) is 47.6 Å². The van der Waals surface area contributed by atoms with E-state index in [-0.39, 0.29) is 11.7 Å². The van der Waals surface area contributed by atoms with Crippen LogP contribution < -0.4 is 20.9 Å². The van der Waals surface area contributed by atoms with Crippen LogP contribution in [-0.2, 0) is 4.79 Å². The van der Waals surface area contributed by atoms with Crippen LogP contribution in [0.3, 0.4) is 0 Å². The molecule has 0 bridgehead atoms. The summed E-state index contributed by atoms with van der Waals surface area (Å²) >= 11 is 11.0. The number of hydrogen-bond acceptors (Lipinski definition) is 4. The monoisotopic (exact) mass is 439 g/mol. The summed E-state index contributed by atoms with van der Waals surface area (Å²) in [6, 6.07) is 23.8. The third kappa shape index (κ3) is 6.04. The first kappa shape index (κ1) is 21.3. The number of thiocarbonyl (C=S) groups is 1. The van der Waals surface area contributed by atoms with Crippen LogP contribution in [0.2, 0.25) is 5.02 Å². The van der Waals surface area contributed by atoms with E-state index < -0.39 is 11.8 Å². The van der Waals surface area contributed by atoms with Crippen LogP contribution in [0.5, 0.6) is 5.75 Å². The van der Waals surface area contributed by atoms with Crippen LogP contribution in [0.15, 0.2) is 78.9 Å². The van der Waals surface area contributed by atoms with E-state index in [0.29, 0.717) is 16.3 Å². The van der Waals surface area contributed by atoms with Gasteiger partial charge in [0.1, 0.15) is 5.75 Å². The van der Waals surface area contributed by atoms with Crippen molar-refractivity contribution in [1.29, 1.82) is 0 Å². The van der Waals surface area contributed by atoms with Gasteiger partial charge in [-0.15, -0.1) is 0 Å². The van der Waals surface area contributed by atoms with Crippen molar-refractivity contribution in [1.82, 2.24) is 16.2 Å². The molecule has 3 rings (SSSR count). The van der Waals surface area contributed by atoms with Crippen molar-refractivity contribution in [3.63, 3.8) is 0 Å². The second-order valence-electron chi connectivity index (χ2n) is 6.12. The highest BCUT2D eigenvalue weighted by atomic mass is 35.5. The molecule has 0 heterocycles. The highest BCUT2D eigenvalue weighted by molar-refractivity contribution is 7.80. The second kappa shape index (κ2) is 10.4. The Morgan fingerprint density at radius 3 is 2.17 bits per heavy atom. The Kier molecular flexibility index (Phi) is 7.37. The molecule has 0 aromatic heterocycles. The predicted octanol–water partition coefficient (Wildman–Crippen LogP) is 3.72. The minimum Gasteiger partial charge on any atom is -0.482 e. The van der Waals surface area contributed by atoms with Crippen LogP contribution in [0.25, 0.3) is 11.1 Å². The largest absolute Gasteiger partial charge is 0.482 e. The molecule has 0 aliphatic rings. The fourth-order valence-corrected chi connectivity index (χ4v) is 2.85. The van der Waals surface area contributed by atoms with Crippen molar-refractivity contribution in [2.45, 2.75) is 0 Å². The van der Waals surface area contributed by atoms with Crippen molar-refractivity contribution >= 4 is 40.7 Å². The highest BCUT2D eigenvalue weighted by Crippen LogP contribution is 2.22. The molecule has 0 unspecified atom stereocenters. The molecule has 30 heavy (non-hydrogen) atoms. The molecule has 6 nitrogen and oxygen atoms in total. The molecule has 152 valence electrons. The van der Waals surface area contributed by atoms with Crippen molar-refractivity contribution < 1.29 is 14.3 Å². The Bertz CT molecular complexity index is 1040. The van der Waals surface area contributed by atoms with Gasteiger partial charge >= 0.3 is 0 Å². The molecular weight excluding hydrogens is 422 g/mol. The molecule has 0 aliphatic carbocycles. The molecule has 0 saturated carbocycles. The first-order valence-electron chi connectivity index (χ1n) is 8.96. The molecule has 8 heteroatoms. The van der Waals surface area contributed by atoms with E-state index in [1.165, 1.54) is 0 Å². The van der Waals surface area contributed by atoms with E-state index in [4.69, 9.17) is 28.6 Å². The smallest absolute Gasteiger partial charge is 0.276 e. The van der Waals surface area contributed by atoms with E-state index >= 15 is 0 Å². The summed E-state index contributed by atoms with van der Waals surface area (Å²) in [5.74, 6) is -0.489. The Balaban J connectivity index is 1.44. The summed E-state index contributed by atoms with van der Waals surface area (Å²) in [5, 5.41) is 2.86. The summed E-state index contributed by atoms with van der Waals surface area (Å²) in [7, 11) is 0. The zero-order valence-corrected chi connectivity index (χ0v) is 17.3. The van der Waals surface area contributed by atoms with E-state index in [1.54, 1.807) is 36.4 Å². The highest BCUT2D eigenvalue weighted by Gasteiger charge is 2.10. The average Bonchev–Trinajstić information content (AvgIpc) is 2.78. The van der Waals surface area contributed by atoms with Gasteiger partial charge in [-0.1, -0.05) is 66.2 Å². The number of carbonyl (C=O) groups excluding carboxylic acids is 2. The maximum atomic E-state index is 12.3. The lowest BCUT2D eigenvalue weighted by atomic mass is 10.0. The molecule has 3 aromatic rings. The van der Waals surface area contributed by atoms with Crippen molar-refractivity contribution in [3.05, 3.63) is 89.4 Å². The van der Waals surface area contributed by atoms with Gasteiger partial charge in [0.05, 0.1) is 5.02 Å². The number of carbonyl (C=O) groups is 2. The Labute approximate surface area is 184 Å². The molecular formula is C22H18ClN3O3S. The number of halogens is 1. The number of ether oxygens (including phenoxy) is 1. The summed E-state index contributed by atoms with van der Waals surface area (Å²) in [5.41, 5.74) is 7.30. The Morgan fingerprint density at radius 2 is 1.47 bits per heavy atom. The average molecular weight is 440 g/mol. The number of benzene rings is 3. The van der Waals surface area contributed by atoms with Crippen LogP contribution in [-0.4, -0.2) is 23.5 Å². The van der Waals surface area contributed by atoms with Gasteiger partial charge < -0.3 is 4.74 Å². The molecule has 2 amide bonds. The lowest BCUT2D eigenvalue weighted by Gasteiger charge is -2.12. The van der Waals surface area contributed by atoms with Crippen molar-refractivity contribution in [2.75, 3.05) is 6.61 Å². The number of rotatable bonds is 5. The lowest BCUT2D eigenvalue weighted by Crippen LogP contribution is -2.49. The number of para-hydroxylation sites is 1. The van der Waals surface area contributed by atoms with Gasteiger partial charge in [0.15, 0.2) is 11.7 Å². The number of hydrazine groups is 1. The van der Waals surface area contributed by atoms with Crippen molar-refractivity contribution in [2.24, 2.45) is 0 Å².